The van der Waals surface area contributed by atoms with Gasteiger partial charge in [0.1, 0.15) is 0 Å². The summed E-state index contributed by atoms with van der Waals surface area (Å²) in [6, 6.07) is 6.11. The van der Waals surface area contributed by atoms with Gasteiger partial charge in [-0.05, 0) is 49.8 Å². The van der Waals surface area contributed by atoms with Crippen molar-refractivity contribution >= 4 is 45.7 Å². The minimum absolute atomic E-state index is 0.0946. The van der Waals surface area contributed by atoms with E-state index in [0.717, 1.165) is 10.0 Å². The second kappa shape index (κ2) is 9.78. The number of nitrogens with zero attached hydrogens (tertiary/aromatic N) is 3. The molecule has 2 aromatic rings. The van der Waals surface area contributed by atoms with Crippen LogP contribution in [0.4, 0.5) is 10.8 Å². The van der Waals surface area contributed by atoms with E-state index in [0.29, 0.717) is 31.1 Å². The van der Waals surface area contributed by atoms with Gasteiger partial charge in [-0.25, -0.2) is 0 Å². The molecule has 0 bridgehead atoms. The molecular formula is C21H29N5O2S2. The fourth-order valence-electron chi connectivity index (χ4n) is 3.45. The van der Waals surface area contributed by atoms with Gasteiger partial charge in [-0.1, -0.05) is 49.1 Å². The molecule has 30 heavy (non-hydrogen) atoms. The average molecular weight is 448 g/mol. The molecule has 1 atom stereocenters. The van der Waals surface area contributed by atoms with Crippen LogP contribution in [-0.2, 0) is 9.59 Å². The number of piperidine rings is 1. The molecule has 3 rings (SSSR count). The molecule has 0 aliphatic carbocycles. The molecule has 162 valence electrons. The molecule has 0 spiro atoms. The summed E-state index contributed by atoms with van der Waals surface area (Å²) in [6.07, 6.45) is 1.28. The van der Waals surface area contributed by atoms with Crippen LogP contribution in [0.2, 0.25) is 0 Å². The second-order valence-corrected chi connectivity index (χ2v) is 10.4. The number of nitrogens with one attached hydrogen (secondary N) is 1. The van der Waals surface area contributed by atoms with E-state index < -0.39 is 0 Å². The Morgan fingerprint density at radius 3 is 2.57 bits per heavy atom. The summed E-state index contributed by atoms with van der Waals surface area (Å²) in [5, 5.41) is 12.4. The number of amides is 2. The monoisotopic (exact) mass is 447 g/mol. The van der Waals surface area contributed by atoms with E-state index in [1.807, 2.05) is 30.9 Å². The standard InChI is InChI=1S/C21H29N5O2S2/c1-12(2)17(19(28)26-10-8-15(9-11-26)18(22)27)29-21-25-24-20(30-21)23-16-7-5-6-13(3)14(16)4/h5-7,12,15,17H,8-11H2,1-4H3,(H2,22,27)(H,23,24)/t17-/m1/s1. The molecule has 1 aromatic heterocycles. The van der Waals surface area contributed by atoms with Gasteiger partial charge in [0.2, 0.25) is 16.9 Å². The number of rotatable bonds is 7. The van der Waals surface area contributed by atoms with E-state index in [1.54, 1.807) is 0 Å². The van der Waals surface area contributed by atoms with E-state index in [4.69, 9.17) is 5.73 Å². The maximum absolute atomic E-state index is 13.1. The van der Waals surface area contributed by atoms with Crippen molar-refractivity contribution in [2.75, 3.05) is 18.4 Å². The van der Waals surface area contributed by atoms with Crippen LogP contribution in [0.25, 0.3) is 0 Å². The Bertz CT molecular complexity index is 907. The number of aryl methyl sites for hydroxylation is 1. The first-order chi connectivity index (χ1) is 14.3. The normalized spacial score (nSPS) is 16.0. The molecule has 1 aliphatic heterocycles. The van der Waals surface area contributed by atoms with Gasteiger partial charge >= 0.3 is 0 Å². The summed E-state index contributed by atoms with van der Waals surface area (Å²) in [6.45, 7) is 9.39. The third-order valence-corrected chi connectivity index (χ3v) is 7.99. The maximum atomic E-state index is 13.1. The molecule has 3 N–H and O–H groups in total. The third-order valence-electron chi connectivity index (χ3n) is 5.54. The smallest absolute Gasteiger partial charge is 0.236 e. The molecule has 2 amide bonds. The van der Waals surface area contributed by atoms with Crippen LogP contribution in [0.3, 0.4) is 0 Å². The van der Waals surface area contributed by atoms with Gasteiger partial charge in [-0.3, -0.25) is 9.59 Å². The van der Waals surface area contributed by atoms with Crippen molar-refractivity contribution in [2.24, 2.45) is 17.6 Å². The number of carbonyl (C=O) groups excluding carboxylic acids is 2. The topological polar surface area (TPSA) is 101 Å². The van der Waals surface area contributed by atoms with Crippen LogP contribution in [0, 0.1) is 25.7 Å². The number of anilines is 2. The summed E-state index contributed by atoms with van der Waals surface area (Å²) < 4.78 is 0.766. The van der Waals surface area contributed by atoms with Crippen molar-refractivity contribution in [3.8, 4) is 0 Å². The maximum Gasteiger partial charge on any atom is 0.236 e. The van der Waals surface area contributed by atoms with E-state index in [1.165, 1.54) is 34.2 Å². The number of hydrogen-bond acceptors (Lipinski definition) is 7. The van der Waals surface area contributed by atoms with Crippen molar-refractivity contribution in [1.82, 2.24) is 15.1 Å². The quantitative estimate of drug-likeness (QED) is 0.627. The summed E-state index contributed by atoms with van der Waals surface area (Å²) >= 11 is 2.92. The molecule has 1 aliphatic rings. The molecular weight excluding hydrogens is 418 g/mol. The highest BCUT2D eigenvalue weighted by Gasteiger charge is 2.33. The minimum atomic E-state index is -0.269. The molecule has 2 heterocycles. The number of primary amides is 1. The summed E-state index contributed by atoms with van der Waals surface area (Å²) in [4.78, 5) is 26.4. The van der Waals surface area contributed by atoms with Gasteiger partial charge in [-0.2, -0.15) is 0 Å². The lowest BCUT2D eigenvalue weighted by molar-refractivity contribution is -0.135. The van der Waals surface area contributed by atoms with Crippen molar-refractivity contribution in [3.05, 3.63) is 29.3 Å². The number of aromatic nitrogens is 2. The first kappa shape index (κ1) is 22.6. The molecule has 1 fully saturated rings. The van der Waals surface area contributed by atoms with Crippen molar-refractivity contribution in [3.63, 3.8) is 0 Å². The van der Waals surface area contributed by atoms with E-state index in [9.17, 15) is 9.59 Å². The summed E-state index contributed by atoms with van der Waals surface area (Å²) in [7, 11) is 0. The molecule has 9 heteroatoms. The molecule has 1 aromatic carbocycles. The first-order valence-corrected chi connectivity index (χ1v) is 11.9. The van der Waals surface area contributed by atoms with Gasteiger partial charge in [0.25, 0.3) is 0 Å². The van der Waals surface area contributed by atoms with Crippen LogP contribution in [0.15, 0.2) is 22.5 Å². The largest absolute Gasteiger partial charge is 0.369 e. The molecule has 7 nitrogen and oxygen atoms in total. The van der Waals surface area contributed by atoms with Crippen LogP contribution in [0.5, 0.6) is 0 Å². The Morgan fingerprint density at radius 2 is 1.93 bits per heavy atom. The van der Waals surface area contributed by atoms with Crippen LogP contribution < -0.4 is 11.1 Å². The molecule has 1 saturated heterocycles. The zero-order valence-electron chi connectivity index (χ0n) is 17.8. The molecule has 0 saturated carbocycles. The van der Waals surface area contributed by atoms with Crippen molar-refractivity contribution < 1.29 is 9.59 Å². The van der Waals surface area contributed by atoms with Crippen LogP contribution in [-0.4, -0.2) is 45.3 Å². The van der Waals surface area contributed by atoms with Crippen LogP contribution in [0.1, 0.15) is 37.8 Å². The number of carbonyl (C=O) groups is 2. The second-order valence-electron chi connectivity index (χ2n) is 8.03. The lowest BCUT2D eigenvalue weighted by atomic mass is 9.95. The molecule has 0 radical (unpaired) electrons. The number of nitrogens with two attached hydrogens (primary N) is 1. The lowest BCUT2D eigenvalue weighted by Gasteiger charge is -2.33. The van der Waals surface area contributed by atoms with Crippen LogP contribution >= 0.6 is 23.1 Å². The first-order valence-electron chi connectivity index (χ1n) is 10.2. The zero-order chi connectivity index (χ0) is 21.8. The SMILES string of the molecule is Cc1cccc(Nc2nnc(S[C@@H](C(=O)N3CCC(C(N)=O)CC3)C(C)C)s2)c1C. The zero-order valence-corrected chi connectivity index (χ0v) is 19.5. The average Bonchev–Trinajstić information content (AvgIpc) is 3.16. The Balaban J connectivity index is 1.65. The van der Waals surface area contributed by atoms with Gasteiger partial charge in [0.15, 0.2) is 4.34 Å². The third kappa shape index (κ3) is 5.31. The Labute approximate surface area is 185 Å². The van der Waals surface area contributed by atoms with E-state index in [-0.39, 0.29) is 28.9 Å². The summed E-state index contributed by atoms with van der Waals surface area (Å²) in [5.41, 5.74) is 8.81. The highest BCUT2D eigenvalue weighted by Crippen LogP contribution is 2.35. The van der Waals surface area contributed by atoms with Crippen molar-refractivity contribution in [1.29, 1.82) is 0 Å². The fourth-order valence-corrected chi connectivity index (χ4v) is 5.51. The van der Waals surface area contributed by atoms with Gasteiger partial charge < -0.3 is 16.0 Å². The van der Waals surface area contributed by atoms with E-state index in [2.05, 4.69) is 35.4 Å². The molecule has 0 unspecified atom stereocenters. The highest BCUT2D eigenvalue weighted by molar-refractivity contribution is 8.02. The predicted molar refractivity (Wildman–Crippen MR) is 122 cm³/mol. The van der Waals surface area contributed by atoms with Gasteiger partial charge in [0, 0.05) is 24.7 Å². The summed E-state index contributed by atoms with van der Waals surface area (Å²) in [5.74, 6) is -0.149. The Kier molecular flexibility index (Phi) is 7.36. The Hall–Kier alpha value is -2.13. The van der Waals surface area contributed by atoms with Crippen molar-refractivity contribution in [2.45, 2.75) is 50.1 Å². The predicted octanol–water partition coefficient (Wildman–Crippen LogP) is 3.74. The minimum Gasteiger partial charge on any atom is -0.369 e. The highest BCUT2D eigenvalue weighted by atomic mass is 32.2. The number of benzene rings is 1. The number of hydrogen-bond donors (Lipinski definition) is 2. The Morgan fingerprint density at radius 1 is 1.23 bits per heavy atom. The van der Waals surface area contributed by atoms with E-state index >= 15 is 0 Å². The fraction of sp³-hybridized carbons (Fsp3) is 0.524. The lowest BCUT2D eigenvalue weighted by Crippen LogP contribution is -2.46. The van der Waals surface area contributed by atoms with Gasteiger partial charge in [-0.15, -0.1) is 10.2 Å². The number of thioether (sulfide) groups is 1. The van der Waals surface area contributed by atoms with Gasteiger partial charge in [0.05, 0.1) is 5.25 Å². The number of likely N-dealkylation sites (tertiary alicyclic amines) is 1.